The number of nitrogens with zero attached hydrogens (tertiary/aromatic N) is 2. The number of nitrogens with two attached hydrogens (primary N) is 1. The van der Waals surface area contributed by atoms with Gasteiger partial charge in [-0.15, -0.1) is 0 Å². The van der Waals surface area contributed by atoms with Crippen LogP contribution in [0, 0.1) is 0 Å². The molecule has 3 aromatic rings. The normalized spacial score (nSPS) is 18.0. The molecule has 0 radical (unpaired) electrons. The van der Waals surface area contributed by atoms with Gasteiger partial charge in [-0.1, -0.05) is 18.2 Å². The predicted molar refractivity (Wildman–Crippen MR) is 95.5 cm³/mol. The molecule has 0 unspecified atom stereocenters. The molecule has 1 aromatic carbocycles. The Kier molecular flexibility index (Phi) is 3.92. The lowest BCUT2D eigenvalue weighted by molar-refractivity contribution is 0.0398. The summed E-state index contributed by atoms with van der Waals surface area (Å²) in [5.41, 5.74) is 8.04. The molecule has 3 heterocycles. The third-order valence-corrected chi connectivity index (χ3v) is 4.97. The lowest BCUT2D eigenvalue weighted by Crippen LogP contribution is -2.38. The van der Waals surface area contributed by atoms with Gasteiger partial charge in [0.15, 0.2) is 0 Å². The summed E-state index contributed by atoms with van der Waals surface area (Å²) in [6.45, 7) is 2.07. The van der Waals surface area contributed by atoms with Crippen LogP contribution in [0.3, 0.4) is 0 Å². The second-order valence-electron chi connectivity index (χ2n) is 5.77. The van der Waals surface area contributed by atoms with Gasteiger partial charge in [-0.3, -0.25) is 4.79 Å². The molecule has 0 bridgehead atoms. The van der Waals surface area contributed by atoms with E-state index in [9.17, 15) is 4.79 Å². The van der Waals surface area contributed by atoms with E-state index in [1.807, 2.05) is 24.3 Å². The molecule has 1 fully saturated rings. The van der Waals surface area contributed by atoms with Crippen molar-refractivity contribution in [1.82, 2.24) is 4.98 Å². The summed E-state index contributed by atoms with van der Waals surface area (Å²) < 4.78 is 5.88. The lowest BCUT2D eigenvalue weighted by atomic mass is 10.1. The third kappa shape index (κ3) is 2.74. The van der Waals surface area contributed by atoms with Crippen molar-refractivity contribution in [2.75, 3.05) is 24.6 Å². The van der Waals surface area contributed by atoms with Crippen molar-refractivity contribution in [1.29, 1.82) is 0 Å². The number of hydrogen-bond acceptors (Lipinski definition) is 5. The Hall–Kier alpha value is -2.44. The third-order valence-electron chi connectivity index (χ3n) is 4.27. The number of pyridine rings is 1. The highest BCUT2D eigenvalue weighted by molar-refractivity contribution is 7.07. The second kappa shape index (κ2) is 6.22. The largest absolute Gasteiger partial charge is 0.370 e. The van der Waals surface area contributed by atoms with Crippen molar-refractivity contribution in [3.8, 4) is 0 Å². The molecule has 2 N–H and O–H groups in total. The van der Waals surface area contributed by atoms with Crippen LogP contribution in [-0.2, 0) is 4.74 Å². The van der Waals surface area contributed by atoms with E-state index in [2.05, 4.69) is 21.7 Å². The zero-order valence-electron chi connectivity index (χ0n) is 13.0. The molecule has 122 valence electrons. The number of rotatable bonds is 3. The number of fused-ring (bicyclic) bond motifs is 1. The molecular weight excluding hydrogens is 322 g/mol. The van der Waals surface area contributed by atoms with Crippen molar-refractivity contribution in [3.63, 3.8) is 0 Å². The first-order valence-corrected chi connectivity index (χ1v) is 8.75. The number of carbonyl (C=O) groups is 1. The number of morpholine rings is 1. The topological polar surface area (TPSA) is 68.5 Å². The van der Waals surface area contributed by atoms with Crippen LogP contribution >= 0.6 is 11.3 Å². The Bertz CT molecular complexity index is 879. The fourth-order valence-electron chi connectivity index (χ4n) is 3.04. The molecule has 1 amide bonds. The highest BCUT2D eigenvalue weighted by atomic mass is 32.1. The van der Waals surface area contributed by atoms with E-state index in [-0.39, 0.29) is 6.10 Å². The number of aromatic nitrogens is 1. The standard InChI is InChI=1S/C18H17N3O2S/c19-18(22)14-9-17(20-15-4-2-1-3-13(14)15)21-6-7-23-16(10-21)12-5-8-24-11-12/h1-5,8-9,11,16H,6-7,10H2,(H2,19,22)/t16-/m0/s1. The first-order chi connectivity index (χ1) is 11.7. The Morgan fingerprint density at radius 3 is 3.00 bits per heavy atom. The fourth-order valence-corrected chi connectivity index (χ4v) is 3.75. The zero-order chi connectivity index (χ0) is 16.5. The minimum atomic E-state index is -0.433. The van der Waals surface area contributed by atoms with Gasteiger partial charge in [-0.25, -0.2) is 4.98 Å². The van der Waals surface area contributed by atoms with Crippen molar-refractivity contribution < 1.29 is 9.53 Å². The maximum absolute atomic E-state index is 11.9. The lowest BCUT2D eigenvalue weighted by Gasteiger charge is -2.33. The van der Waals surface area contributed by atoms with Crippen LogP contribution in [0.25, 0.3) is 10.9 Å². The monoisotopic (exact) mass is 339 g/mol. The van der Waals surface area contributed by atoms with Crippen molar-refractivity contribution in [2.45, 2.75) is 6.10 Å². The van der Waals surface area contributed by atoms with Crippen LogP contribution in [-0.4, -0.2) is 30.6 Å². The summed E-state index contributed by atoms with van der Waals surface area (Å²) >= 11 is 1.66. The zero-order valence-corrected chi connectivity index (χ0v) is 13.8. The van der Waals surface area contributed by atoms with Gasteiger partial charge in [0.25, 0.3) is 0 Å². The molecule has 0 saturated carbocycles. The van der Waals surface area contributed by atoms with Gasteiger partial charge in [0.05, 0.1) is 17.7 Å². The van der Waals surface area contributed by atoms with E-state index in [1.165, 1.54) is 5.56 Å². The van der Waals surface area contributed by atoms with Crippen LogP contribution in [0.1, 0.15) is 22.0 Å². The Balaban J connectivity index is 1.72. The van der Waals surface area contributed by atoms with E-state index in [4.69, 9.17) is 15.5 Å². The number of amides is 1. The number of ether oxygens (including phenoxy) is 1. The molecule has 0 aliphatic carbocycles. The summed E-state index contributed by atoms with van der Waals surface area (Å²) in [6, 6.07) is 11.5. The highest BCUT2D eigenvalue weighted by Gasteiger charge is 2.24. The average molecular weight is 339 g/mol. The molecule has 2 aromatic heterocycles. The molecule has 6 heteroatoms. The van der Waals surface area contributed by atoms with Gasteiger partial charge >= 0.3 is 0 Å². The Morgan fingerprint density at radius 2 is 2.21 bits per heavy atom. The Labute approximate surface area is 143 Å². The number of para-hydroxylation sites is 1. The second-order valence-corrected chi connectivity index (χ2v) is 6.55. The molecule has 1 atom stereocenters. The number of hydrogen-bond donors (Lipinski definition) is 1. The summed E-state index contributed by atoms with van der Waals surface area (Å²) in [6.07, 6.45) is 0.0234. The van der Waals surface area contributed by atoms with Gasteiger partial charge < -0.3 is 15.4 Å². The van der Waals surface area contributed by atoms with E-state index < -0.39 is 5.91 Å². The Morgan fingerprint density at radius 1 is 1.33 bits per heavy atom. The van der Waals surface area contributed by atoms with Crippen molar-refractivity contribution in [3.05, 3.63) is 58.3 Å². The summed E-state index contributed by atoms with van der Waals surface area (Å²) in [7, 11) is 0. The number of anilines is 1. The molecule has 1 aliphatic rings. The number of carbonyl (C=O) groups excluding carboxylic acids is 1. The van der Waals surface area contributed by atoms with Gasteiger partial charge in [0.2, 0.25) is 5.91 Å². The highest BCUT2D eigenvalue weighted by Crippen LogP contribution is 2.29. The minimum Gasteiger partial charge on any atom is -0.370 e. The molecular formula is C18H17N3O2S. The summed E-state index contributed by atoms with van der Waals surface area (Å²) in [4.78, 5) is 18.7. The average Bonchev–Trinajstić information content (AvgIpc) is 3.15. The molecule has 0 spiro atoms. The summed E-state index contributed by atoms with van der Waals surface area (Å²) in [5, 5.41) is 4.95. The van der Waals surface area contributed by atoms with Crippen LogP contribution in [0.5, 0.6) is 0 Å². The van der Waals surface area contributed by atoms with Gasteiger partial charge in [-0.05, 0) is 34.5 Å². The number of benzene rings is 1. The predicted octanol–water partition coefficient (Wildman–Crippen LogP) is 2.97. The minimum absolute atomic E-state index is 0.0234. The summed E-state index contributed by atoms with van der Waals surface area (Å²) in [5.74, 6) is 0.337. The number of thiophene rings is 1. The van der Waals surface area contributed by atoms with Crippen LogP contribution in [0.4, 0.5) is 5.82 Å². The molecule has 1 aliphatic heterocycles. The molecule has 5 nitrogen and oxygen atoms in total. The van der Waals surface area contributed by atoms with Gasteiger partial charge in [-0.2, -0.15) is 11.3 Å². The van der Waals surface area contributed by atoms with Crippen LogP contribution in [0.15, 0.2) is 47.2 Å². The quantitative estimate of drug-likeness (QED) is 0.796. The SMILES string of the molecule is NC(=O)c1cc(N2CCO[C@H](c3ccsc3)C2)nc2ccccc12. The van der Waals surface area contributed by atoms with Gasteiger partial charge in [0, 0.05) is 18.5 Å². The first kappa shape index (κ1) is 15.1. The first-order valence-electron chi connectivity index (χ1n) is 7.80. The fraction of sp³-hybridized carbons (Fsp3) is 0.222. The van der Waals surface area contributed by atoms with Crippen LogP contribution < -0.4 is 10.6 Å². The molecule has 1 saturated heterocycles. The number of primary amides is 1. The molecule has 4 rings (SSSR count). The van der Waals surface area contributed by atoms with E-state index in [0.717, 1.165) is 23.3 Å². The van der Waals surface area contributed by atoms with Crippen molar-refractivity contribution in [2.24, 2.45) is 5.73 Å². The van der Waals surface area contributed by atoms with E-state index in [0.29, 0.717) is 18.7 Å². The van der Waals surface area contributed by atoms with E-state index >= 15 is 0 Å². The smallest absolute Gasteiger partial charge is 0.249 e. The van der Waals surface area contributed by atoms with Gasteiger partial charge in [0.1, 0.15) is 11.9 Å². The van der Waals surface area contributed by atoms with Crippen molar-refractivity contribution >= 4 is 34.0 Å². The maximum atomic E-state index is 11.9. The molecule has 24 heavy (non-hydrogen) atoms. The maximum Gasteiger partial charge on any atom is 0.249 e. The van der Waals surface area contributed by atoms with Crippen LogP contribution in [0.2, 0.25) is 0 Å². The van der Waals surface area contributed by atoms with E-state index in [1.54, 1.807) is 17.4 Å².